The van der Waals surface area contributed by atoms with Crippen molar-refractivity contribution < 1.29 is 0 Å². The van der Waals surface area contributed by atoms with Crippen molar-refractivity contribution in [1.29, 1.82) is 0 Å². The summed E-state index contributed by atoms with van der Waals surface area (Å²) in [5.74, 6) is 2.40. The van der Waals surface area contributed by atoms with E-state index in [0.717, 1.165) is 25.0 Å². The summed E-state index contributed by atoms with van der Waals surface area (Å²) in [5, 5.41) is 0. The number of fused-ring (bicyclic) bond motifs is 1. The van der Waals surface area contributed by atoms with E-state index < -0.39 is 0 Å². The van der Waals surface area contributed by atoms with Crippen LogP contribution in [0.25, 0.3) is 11.0 Å². The van der Waals surface area contributed by atoms with Crippen LogP contribution in [0.5, 0.6) is 0 Å². The molecule has 1 aromatic carbocycles. The molecule has 19 heavy (non-hydrogen) atoms. The van der Waals surface area contributed by atoms with E-state index in [2.05, 4.69) is 43.5 Å². The summed E-state index contributed by atoms with van der Waals surface area (Å²) in [6, 6.07) is 8.36. The summed E-state index contributed by atoms with van der Waals surface area (Å²) in [6.07, 6.45) is 2.15. The minimum absolute atomic E-state index is 0.530. The molecule has 1 aromatic heterocycles. The van der Waals surface area contributed by atoms with E-state index in [1.807, 2.05) is 6.07 Å². The maximum absolute atomic E-state index is 5.92. The molecule has 0 aliphatic heterocycles. The van der Waals surface area contributed by atoms with Crippen molar-refractivity contribution in [2.24, 2.45) is 17.6 Å². The lowest BCUT2D eigenvalue weighted by Crippen LogP contribution is -2.20. The standard InChI is InChI=1S/C16H25N3/c1-4-19-15-8-6-5-7-14(15)18-16(19)10-13(11-17)9-12(2)3/h5-8,12-13H,4,9-11,17H2,1-3H3. The fourth-order valence-corrected chi connectivity index (χ4v) is 2.82. The minimum Gasteiger partial charge on any atom is -0.330 e. The van der Waals surface area contributed by atoms with Crippen molar-refractivity contribution in [3.05, 3.63) is 30.1 Å². The van der Waals surface area contributed by atoms with Crippen molar-refractivity contribution in [3.63, 3.8) is 0 Å². The fourth-order valence-electron chi connectivity index (χ4n) is 2.82. The van der Waals surface area contributed by atoms with Crippen LogP contribution in [-0.2, 0) is 13.0 Å². The van der Waals surface area contributed by atoms with Crippen LogP contribution in [0.3, 0.4) is 0 Å². The molecule has 0 fully saturated rings. The molecule has 0 spiro atoms. The van der Waals surface area contributed by atoms with Gasteiger partial charge in [0.05, 0.1) is 11.0 Å². The third kappa shape index (κ3) is 3.16. The van der Waals surface area contributed by atoms with Gasteiger partial charge in [-0.05, 0) is 43.9 Å². The average molecular weight is 259 g/mol. The van der Waals surface area contributed by atoms with E-state index in [9.17, 15) is 0 Å². The number of imidazole rings is 1. The molecule has 1 unspecified atom stereocenters. The molecule has 104 valence electrons. The molecule has 0 saturated heterocycles. The number of nitrogens with two attached hydrogens (primary N) is 1. The number of hydrogen-bond acceptors (Lipinski definition) is 2. The summed E-state index contributed by atoms with van der Waals surface area (Å²) in [5.41, 5.74) is 8.25. The Morgan fingerprint density at radius 1 is 1.26 bits per heavy atom. The van der Waals surface area contributed by atoms with Crippen LogP contribution in [-0.4, -0.2) is 16.1 Å². The third-order valence-electron chi connectivity index (χ3n) is 3.66. The van der Waals surface area contributed by atoms with E-state index in [1.54, 1.807) is 0 Å². The normalized spacial score (nSPS) is 13.3. The molecule has 3 heteroatoms. The van der Waals surface area contributed by atoms with Crippen molar-refractivity contribution in [1.82, 2.24) is 9.55 Å². The van der Waals surface area contributed by atoms with Crippen molar-refractivity contribution >= 4 is 11.0 Å². The number of aryl methyl sites for hydroxylation is 1. The molecular formula is C16H25N3. The van der Waals surface area contributed by atoms with Gasteiger partial charge in [-0.2, -0.15) is 0 Å². The Morgan fingerprint density at radius 2 is 2.00 bits per heavy atom. The Kier molecular flexibility index (Phi) is 4.59. The first-order valence-electron chi connectivity index (χ1n) is 7.29. The number of aromatic nitrogens is 2. The summed E-state index contributed by atoms with van der Waals surface area (Å²) < 4.78 is 2.32. The van der Waals surface area contributed by atoms with Crippen LogP contribution >= 0.6 is 0 Å². The second kappa shape index (κ2) is 6.20. The maximum Gasteiger partial charge on any atom is 0.110 e. The van der Waals surface area contributed by atoms with Gasteiger partial charge in [0.1, 0.15) is 5.82 Å². The molecule has 2 aromatic rings. The molecule has 1 heterocycles. The largest absolute Gasteiger partial charge is 0.330 e. The zero-order chi connectivity index (χ0) is 13.8. The molecule has 3 nitrogen and oxygen atoms in total. The molecule has 0 saturated carbocycles. The molecule has 0 aliphatic rings. The highest BCUT2D eigenvalue weighted by atomic mass is 15.1. The molecule has 2 rings (SSSR count). The first kappa shape index (κ1) is 14.1. The Balaban J connectivity index is 2.28. The summed E-state index contributed by atoms with van der Waals surface area (Å²) in [7, 11) is 0. The van der Waals surface area contributed by atoms with Crippen molar-refractivity contribution in [2.75, 3.05) is 6.54 Å². The topological polar surface area (TPSA) is 43.8 Å². The van der Waals surface area contributed by atoms with E-state index in [1.165, 1.54) is 17.8 Å². The van der Waals surface area contributed by atoms with Gasteiger partial charge in [0.2, 0.25) is 0 Å². The second-order valence-electron chi connectivity index (χ2n) is 5.70. The van der Waals surface area contributed by atoms with Crippen LogP contribution in [0.4, 0.5) is 0 Å². The van der Waals surface area contributed by atoms with Gasteiger partial charge in [-0.15, -0.1) is 0 Å². The predicted octanol–water partition coefficient (Wildman–Crippen LogP) is 3.22. The average Bonchev–Trinajstić information content (AvgIpc) is 2.74. The zero-order valence-corrected chi connectivity index (χ0v) is 12.3. The van der Waals surface area contributed by atoms with E-state index >= 15 is 0 Å². The molecule has 0 bridgehead atoms. The highest BCUT2D eigenvalue weighted by Gasteiger charge is 2.15. The number of para-hydroxylation sites is 2. The Labute approximate surface area is 115 Å². The molecule has 0 radical (unpaired) electrons. The fraction of sp³-hybridized carbons (Fsp3) is 0.562. The quantitative estimate of drug-likeness (QED) is 0.865. The van der Waals surface area contributed by atoms with Gasteiger partial charge < -0.3 is 10.3 Å². The van der Waals surface area contributed by atoms with Crippen LogP contribution in [0, 0.1) is 11.8 Å². The lowest BCUT2D eigenvalue weighted by atomic mass is 9.94. The Morgan fingerprint density at radius 3 is 2.63 bits per heavy atom. The Bertz CT molecular complexity index is 528. The van der Waals surface area contributed by atoms with Crippen LogP contribution < -0.4 is 5.73 Å². The number of rotatable bonds is 6. The van der Waals surface area contributed by atoms with Crippen molar-refractivity contribution in [3.8, 4) is 0 Å². The SMILES string of the molecule is CCn1c(CC(CN)CC(C)C)nc2ccccc21. The van der Waals surface area contributed by atoms with Crippen LogP contribution in [0.2, 0.25) is 0 Å². The van der Waals surface area contributed by atoms with Gasteiger partial charge in [-0.1, -0.05) is 26.0 Å². The molecule has 2 N–H and O–H groups in total. The maximum atomic E-state index is 5.92. The third-order valence-corrected chi connectivity index (χ3v) is 3.66. The van der Waals surface area contributed by atoms with Crippen molar-refractivity contribution in [2.45, 2.75) is 40.2 Å². The zero-order valence-electron chi connectivity index (χ0n) is 12.3. The van der Waals surface area contributed by atoms with Gasteiger partial charge in [0, 0.05) is 13.0 Å². The highest BCUT2D eigenvalue weighted by Crippen LogP contribution is 2.21. The summed E-state index contributed by atoms with van der Waals surface area (Å²) >= 11 is 0. The van der Waals surface area contributed by atoms with Gasteiger partial charge in [0.15, 0.2) is 0 Å². The van der Waals surface area contributed by atoms with Crippen LogP contribution in [0.15, 0.2) is 24.3 Å². The first-order valence-corrected chi connectivity index (χ1v) is 7.29. The molecular weight excluding hydrogens is 234 g/mol. The molecule has 0 amide bonds. The summed E-state index contributed by atoms with van der Waals surface area (Å²) in [4.78, 5) is 4.79. The van der Waals surface area contributed by atoms with E-state index in [0.29, 0.717) is 11.8 Å². The van der Waals surface area contributed by atoms with E-state index in [4.69, 9.17) is 10.7 Å². The number of nitrogens with zero attached hydrogens (tertiary/aromatic N) is 2. The number of benzene rings is 1. The lowest BCUT2D eigenvalue weighted by Gasteiger charge is -2.17. The van der Waals surface area contributed by atoms with Gasteiger partial charge in [-0.25, -0.2) is 4.98 Å². The molecule has 1 atom stereocenters. The van der Waals surface area contributed by atoms with E-state index in [-0.39, 0.29) is 0 Å². The van der Waals surface area contributed by atoms with Crippen LogP contribution in [0.1, 0.15) is 33.0 Å². The number of hydrogen-bond donors (Lipinski definition) is 1. The summed E-state index contributed by atoms with van der Waals surface area (Å²) in [6.45, 7) is 8.40. The molecule has 0 aliphatic carbocycles. The minimum atomic E-state index is 0.530. The Hall–Kier alpha value is -1.35. The highest BCUT2D eigenvalue weighted by molar-refractivity contribution is 5.75. The lowest BCUT2D eigenvalue weighted by molar-refractivity contribution is 0.404. The van der Waals surface area contributed by atoms with Gasteiger partial charge in [0.25, 0.3) is 0 Å². The van der Waals surface area contributed by atoms with Gasteiger partial charge in [-0.3, -0.25) is 0 Å². The first-order chi connectivity index (χ1) is 9.15. The predicted molar refractivity (Wildman–Crippen MR) is 81.1 cm³/mol. The van der Waals surface area contributed by atoms with Gasteiger partial charge >= 0.3 is 0 Å². The monoisotopic (exact) mass is 259 g/mol. The second-order valence-corrected chi connectivity index (χ2v) is 5.70. The smallest absolute Gasteiger partial charge is 0.110 e.